The monoisotopic (exact) mass is 314 g/mol. The highest BCUT2D eigenvalue weighted by Crippen LogP contribution is 2.20. The summed E-state index contributed by atoms with van der Waals surface area (Å²) in [6.45, 7) is 4.44. The SMILES string of the molecule is Cc1ccccc1NCCN1CCSCC1S(C)(=O)=O. The molecule has 0 aromatic heterocycles. The average Bonchev–Trinajstić information content (AvgIpc) is 2.40. The molecule has 1 heterocycles. The van der Waals surface area contributed by atoms with Gasteiger partial charge in [-0.1, -0.05) is 18.2 Å². The van der Waals surface area contributed by atoms with Gasteiger partial charge in [-0.2, -0.15) is 11.8 Å². The van der Waals surface area contributed by atoms with Gasteiger partial charge in [-0.3, -0.25) is 4.90 Å². The molecule has 112 valence electrons. The van der Waals surface area contributed by atoms with Crippen LogP contribution in [0, 0.1) is 6.92 Å². The van der Waals surface area contributed by atoms with Crippen molar-refractivity contribution < 1.29 is 8.42 Å². The molecule has 1 fully saturated rings. The smallest absolute Gasteiger partial charge is 0.164 e. The second kappa shape index (κ2) is 6.83. The molecular weight excluding hydrogens is 292 g/mol. The van der Waals surface area contributed by atoms with Crippen LogP contribution in [-0.4, -0.2) is 56.1 Å². The summed E-state index contributed by atoms with van der Waals surface area (Å²) in [4.78, 5) is 2.08. The number of benzene rings is 1. The minimum absolute atomic E-state index is 0.333. The first-order valence-corrected chi connectivity index (χ1v) is 9.89. The van der Waals surface area contributed by atoms with Crippen molar-refractivity contribution in [2.75, 3.05) is 42.7 Å². The summed E-state index contributed by atoms with van der Waals surface area (Å²) in [5.41, 5.74) is 2.33. The molecule has 0 radical (unpaired) electrons. The number of hydrogen-bond acceptors (Lipinski definition) is 5. The first-order valence-electron chi connectivity index (χ1n) is 6.78. The second-order valence-corrected chi connectivity index (χ2v) is 8.49. The van der Waals surface area contributed by atoms with Crippen LogP contribution in [0.25, 0.3) is 0 Å². The number of sulfone groups is 1. The fourth-order valence-electron chi connectivity index (χ4n) is 2.37. The zero-order chi connectivity index (χ0) is 14.6. The Hall–Kier alpha value is -0.720. The van der Waals surface area contributed by atoms with Gasteiger partial charge in [0, 0.05) is 43.1 Å². The van der Waals surface area contributed by atoms with Gasteiger partial charge in [-0.15, -0.1) is 0 Å². The molecule has 1 aromatic rings. The van der Waals surface area contributed by atoms with Crippen molar-refractivity contribution >= 4 is 27.3 Å². The molecule has 2 rings (SSSR count). The number of thioether (sulfide) groups is 1. The maximum Gasteiger partial charge on any atom is 0.164 e. The molecule has 0 spiro atoms. The van der Waals surface area contributed by atoms with Crippen molar-refractivity contribution in [3.8, 4) is 0 Å². The van der Waals surface area contributed by atoms with E-state index in [1.807, 2.05) is 12.1 Å². The van der Waals surface area contributed by atoms with Gasteiger partial charge in [-0.05, 0) is 18.6 Å². The van der Waals surface area contributed by atoms with Crippen LogP contribution in [0.2, 0.25) is 0 Å². The van der Waals surface area contributed by atoms with Crippen LogP contribution >= 0.6 is 11.8 Å². The van der Waals surface area contributed by atoms with E-state index < -0.39 is 9.84 Å². The summed E-state index contributed by atoms with van der Waals surface area (Å²) in [6, 6.07) is 8.14. The summed E-state index contributed by atoms with van der Waals surface area (Å²) in [5, 5.41) is 3.06. The minimum Gasteiger partial charge on any atom is -0.384 e. The van der Waals surface area contributed by atoms with Crippen LogP contribution in [0.4, 0.5) is 5.69 Å². The predicted octanol–water partition coefficient (Wildman–Crippen LogP) is 1.83. The van der Waals surface area contributed by atoms with Crippen LogP contribution < -0.4 is 5.32 Å². The third-order valence-corrected chi connectivity index (χ3v) is 6.23. The highest BCUT2D eigenvalue weighted by molar-refractivity contribution is 8.00. The van der Waals surface area contributed by atoms with E-state index in [9.17, 15) is 8.42 Å². The predicted molar refractivity (Wildman–Crippen MR) is 87.2 cm³/mol. The van der Waals surface area contributed by atoms with Crippen LogP contribution in [0.15, 0.2) is 24.3 Å². The quantitative estimate of drug-likeness (QED) is 0.898. The molecule has 0 aliphatic carbocycles. The van der Waals surface area contributed by atoms with E-state index in [-0.39, 0.29) is 5.37 Å². The third kappa shape index (κ3) is 4.14. The summed E-state index contributed by atoms with van der Waals surface area (Å²) in [6.07, 6.45) is 1.34. The molecule has 1 saturated heterocycles. The number of aryl methyl sites for hydroxylation is 1. The Labute approximate surface area is 125 Å². The largest absolute Gasteiger partial charge is 0.384 e. The summed E-state index contributed by atoms with van der Waals surface area (Å²) in [5.74, 6) is 1.69. The van der Waals surface area contributed by atoms with Crippen LogP contribution in [0.3, 0.4) is 0 Å². The Morgan fingerprint density at radius 2 is 2.15 bits per heavy atom. The fraction of sp³-hybridized carbons (Fsp3) is 0.571. The first-order chi connectivity index (χ1) is 9.48. The van der Waals surface area contributed by atoms with Crippen molar-refractivity contribution in [1.29, 1.82) is 0 Å². The van der Waals surface area contributed by atoms with Gasteiger partial charge in [0.2, 0.25) is 0 Å². The molecule has 20 heavy (non-hydrogen) atoms. The van der Waals surface area contributed by atoms with Crippen molar-refractivity contribution in [1.82, 2.24) is 4.90 Å². The van der Waals surface area contributed by atoms with Crippen LogP contribution in [-0.2, 0) is 9.84 Å². The lowest BCUT2D eigenvalue weighted by Crippen LogP contribution is -2.48. The zero-order valence-corrected chi connectivity index (χ0v) is 13.6. The van der Waals surface area contributed by atoms with Crippen molar-refractivity contribution in [3.05, 3.63) is 29.8 Å². The van der Waals surface area contributed by atoms with E-state index >= 15 is 0 Å². The number of hydrogen-bond donors (Lipinski definition) is 1. The minimum atomic E-state index is -3.00. The molecule has 0 amide bonds. The van der Waals surface area contributed by atoms with E-state index in [0.717, 1.165) is 31.1 Å². The Kier molecular flexibility index (Phi) is 5.35. The molecule has 6 heteroatoms. The molecule has 1 aliphatic heterocycles. The Balaban J connectivity index is 1.91. The van der Waals surface area contributed by atoms with Gasteiger partial charge >= 0.3 is 0 Å². The van der Waals surface area contributed by atoms with E-state index in [1.165, 1.54) is 11.8 Å². The average molecular weight is 314 g/mol. The fourth-order valence-corrected chi connectivity index (χ4v) is 5.34. The zero-order valence-electron chi connectivity index (χ0n) is 12.0. The van der Waals surface area contributed by atoms with Gasteiger partial charge in [0.15, 0.2) is 9.84 Å². The van der Waals surface area contributed by atoms with Crippen molar-refractivity contribution in [2.24, 2.45) is 0 Å². The number of rotatable bonds is 5. The summed E-state index contributed by atoms with van der Waals surface area (Å²) in [7, 11) is -3.00. The number of para-hydroxylation sites is 1. The Morgan fingerprint density at radius 3 is 2.85 bits per heavy atom. The molecule has 1 aliphatic rings. The molecule has 1 N–H and O–H groups in total. The van der Waals surface area contributed by atoms with E-state index in [4.69, 9.17) is 0 Å². The van der Waals surface area contributed by atoms with E-state index in [2.05, 4.69) is 29.3 Å². The Bertz CT molecular complexity index is 546. The van der Waals surface area contributed by atoms with Gasteiger partial charge < -0.3 is 5.32 Å². The maximum atomic E-state index is 11.8. The van der Waals surface area contributed by atoms with E-state index in [1.54, 1.807) is 11.8 Å². The first kappa shape index (κ1) is 15.7. The van der Waals surface area contributed by atoms with Gasteiger partial charge in [0.05, 0.1) is 0 Å². The molecule has 1 atom stereocenters. The molecule has 4 nitrogen and oxygen atoms in total. The molecule has 1 unspecified atom stereocenters. The summed E-state index contributed by atoms with van der Waals surface area (Å²) < 4.78 is 23.6. The topological polar surface area (TPSA) is 49.4 Å². The third-order valence-electron chi connectivity index (χ3n) is 3.54. The lowest BCUT2D eigenvalue weighted by atomic mass is 10.2. The van der Waals surface area contributed by atoms with Crippen molar-refractivity contribution in [2.45, 2.75) is 12.3 Å². The van der Waals surface area contributed by atoms with Crippen LogP contribution in [0.5, 0.6) is 0 Å². The molecular formula is C14H22N2O2S2. The normalized spacial score (nSPS) is 20.8. The standard InChI is InChI=1S/C14H22N2O2S2/c1-12-5-3-4-6-13(12)15-7-8-16-9-10-19-11-14(16)20(2,17)18/h3-6,14-15H,7-11H2,1-2H3. The van der Waals surface area contributed by atoms with Gasteiger partial charge in [-0.25, -0.2) is 8.42 Å². The van der Waals surface area contributed by atoms with Gasteiger partial charge in [0.1, 0.15) is 5.37 Å². The maximum absolute atomic E-state index is 11.8. The number of anilines is 1. The summed E-state index contributed by atoms with van der Waals surface area (Å²) >= 11 is 1.72. The highest BCUT2D eigenvalue weighted by atomic mass is 32.2. The lowest BCUT2D eigenvalue weighted by Gasteiger charge is -2.34. The number of nitrogens with one attached hydrogen (secondary N) is 1. The second-order valence-electron chi connectivity index (χ2n) is 5.14. The van der Waals surface area contributed by atoms with E-state index in [0.29, 0.717) is 5.75 Å². The van der Waals surface area contributed by atoms with Gasteiger partial charge in [0.25, 0.3) is 0 Å². The lowest BCUT2D eigenvalue weighted by molar-refractivity contribution is 0.281. The molecule has 0 bridgehead atoms. The Morgan fingerprint density at radius 1 is 1.40 bits per heavy atom. The number of nitrogens with zero attached hydrogens (tertiary/aromatic N) is 1. The highest BCUT2D eigenvalue weighted by Gasteiger charge is 2.30. The molecule has 0 saturated carbocycles. The molecule has 1 aromatic carbocycles. The van der Waals surface area contributed by atoms with Crippen LogP contribution in [0.1, 0.15) is 5.56 Å². The van der Waals surface area contributed by atoms with Crippen molar-refractivity contribution in [3.63, 3.8) is 0 Å².